The van der Waals surface area contributed by atoms with Gasteiger partial charge >= 0.3 is 0 Å². The molecule has 1 aliphatic carbocycles. The molecule has 0 saturated carbocycles. The first-order valence-corrected chi connectivity index (χ1v) is 12.2. The number of phenolic OH excluding ortho intramolecular Hbond substituents is 1. The molecule has 33 heavy (non-hydrogen) atoms. The zero-order valence-electron chi connectivity index (χ0n) is 18.0. The molecule has 2 N–H and O–H groups in total. The molecule has 0 amide bonds. The summed E-state index contributed by atoms with van der Waals surface area (Å²) >= 11 is 7.79. The molecule has 9 heteroatoms. The van der Waals surface area contributed by atoms with Gasteiger partial charge in [0.2, 0.25) is 11.1 Å². The molecule has 3 aromatic rings. The van der Waals surface area contributed by atoms with Crippen LogP contribution < -0.4 is 10.1 Å². The van der Waals surface area contributed by atoms with Gasteiger partial charge in [-0.15, -0.1) is 5.10 Å². The van der Waals surface area contributed by atoms with Crippen LogP contribution in [0.15, 0.2) is 58.9 Å². The summed E-state index contributed by atoms with van der Waals surface area (Å²) in [6, 6.07) is 12.5. The lowest BCUT2D eigenvalue weighted by molar-refractivity contribution is -0.116. The first kappa shape index (κ1) is 21.9. The summed E-state index contributed by atoms with van der Waals surface area (Å²) in [5.74, 6) is 1.78. The molecule has 0 spiro atoms. The minimum atomic E-state index is -0.439. The molecule has 0 bridgehead atoms. The Morgan fingerprint density at radius 1 is 1.27 bits per heavy atom. The third-order valence-electron chi connectivity index (χ3n) is 5.76. The second-order valence-corrected chi connectivity index (χ2v) is 9.25. The summed E-state index contributed by atoms with van der Waals surface area (Å²) in [6.07, 6.45) is 2.09. The third kappa shape index (κ3) is 4.20. The SMILES string of the molecule is CCOc1cc(C2C3=C(CCCC3=O)Nc3nc(SCc4ccccc4Cl)nn32)ccc1O. The van der Waals surface area contributed by atoms with E-state index in [1.807, 2.05) is 37.3 Å². The summed E-state index contributed by atoms with van der Waals surface area (Å²) < 4.78 is 7.36. The summed E-state index contributed by atoms with van der Waals surface area (Å²) in [5.41, 5.74) is 3.42. The van der Waals surface area contributed by atoms with Gasteiger partial charge in [-0.2, -0.15) is 4.98 Å². The number of nitrogens with one attached hydrogen (secondary N) is 1. The smallest absolute Gasteiger partial charge is 0.227 e. The van der Waals surface area contributed by atoms with Crippen molar-refractivity contribution in [2.24, 2.45) is 0 Å². The Morgan fingerprint density at radius 3 is 2.94 bits per heavy atom. The van der Waals surface area contributed by atoms with E-state index in [-0.39, 0.29) is 11.5 Å². The Hall–Kier alpha value is -2.97. The van der Waals surface area contributed by atoms with Gasteiger partial charge in [-0.25, -0.2) is 4.68 Å². The van der Waals surface area contributed by atoms with E-state index in [9.17, 15) is 9.90 Å². The number of carbonyl (C=O) groups is 1. The van der Waals surface area contributed by atoms with Crippen molar-refractivity contribution in [2.75, 3.05) is 11.9 Å². The fourth-order valence-electron chi connectivity index (χ4n) is 4.24. The molecular weight excluding hydrogens is 460 g/mol. The number of halogens is 1. The van der Waals surface area contributed by atoms with Crippen molar-refractivity contribution in [3.8, 4) is 11.5 Å². The number of phenols is 1. The zero-order chi connectivity index (χ0) is 22.9. The molecule has 2 aliphatic rings. The molecule has 0 radical (unpaired) electrons. The zero-order valence-corrected chi connectivity index (χ0v) is 19.6. The summed E-state index contributed by atoms with van der Waals surface area (Å²) in [7, 11) is 0. The quantitative estimate of drug-likeness (QED) is 0.458. The highest BCUT2D eigenvalue weighted by atomic mass is 35.5. The Balaban J connectivity index is 1.53. The van der Waals surface area contributed by atoms with Crippen molar-refractivity contribution in [3.63, 3.8) is 0 Å². The number of ether oxygens (including phenoxy) is 1. The largest absolute Gasteiger partial charge is 0.504 e. The number of Topliss-reactive ketones (excluding diaryl/α,β-unsaturated/α-hetero) is 1. The Bertz CT molecular complexity index is 1260. The predicted octanol–water partition coefficient (Wildman–Crippen LogP) is 5.35. The molecule has 0 saturated heterocycles. The van der Waals surface area contributed by atoms with Crippen LogP contribution in [-0.2, 0) is 10.5 Å². The lowest BCUT2D eigenvalue weighted by Gasteiger charge is -2.32. The van der Waals surface area contributed by atoms with Crippen LogP contribution in [-0.4, -0.2) is 32.3 Å². The van der Waals surface area contributed by atoms with E-state index < -0.39 is 6.04 Å². The molecule has 2 aromatic carbocycles. The maximum atomic E-state index is 13.0. The van der Waals surface area contributed by atoms with Crippen molar-refractivity contribution in [1.82, 2.24) is 14.8 Å². The molecule has 5 rings (SSSR count). The van der Waals surface area contributed by atoms with Crippen LogP contribution in [0, 0.1) is 0 Å². The molecule has 1 aromatic heterocycles. The number of thioether (sulfide) groups is 1. The summed E-state index contributed by atoms with van der Waals surface area (Å²) in [6.45, 7) is 2.29. The van der Waals surface area contributed by atoms with E-state index >= 15 is 0 Å². The van der Waals surface area contributed by atoms with Gasteiger partial charge in [-0.1, -0.05) is 47.6 Å². The monoisotopic (exact) mass is 482 g/mol. The number of aromatic hydroxyl groups is 1. The van der Waals surface area contributed by atoms with Crippen LogP contribution >= 0.6 is 23.4 Å². The molecule has 1 aliphatic heterocycles. The highest BCUT2D eigenvalue weighted by Crippen LogP contribution is 2.42. The molecule has 170 valence electrons. The molecule has 1 atom stereocenters. The van der Waals surface area contributed by atoms with Crippen LogP contribution in [0.2, 0.25) is 5.02 Å². The first-order valence-electron chi connectivity index (χ1n) is 10.9. The summed E-state index contributed by atoms with van der Waals surface area (Å²) in [4.78, 5) is 17.7. The second kappa shape index (κ2) is 9.11. The fraction of sp³-hybridized carbons (Fsp3) is 0.292. The molecular formula is C24H23ClN4O3S. The minimum absolute atomic E-state index is 0.0634. The third-order valence-corrected chi connectivity index (χ3v) is 7.02. The van der Waals surface area contributed by atoms with Gasteiger partial charge in [0.15, 0.2) is 17.3 Å². The number of aromatic nitrogens is 3. The standard InChI is InChI=1S/C24H23ClN4O3S/c1-2-32-20-12-14(10-11-18(20)30)22-21-17(8-5-9-19(21)31)26-23-27-24(28-29(22)23)33-13-15-6-3-4-7-16(15)25/h3-4,6-7,10-12,22,30H,2,5,8-9,13H2,1H3,(H,26,27,28). The predicted molar refractivity (Wildman–Crippen MR) is 128 cm³/mol. The maximum absolute atomic E-state index is 13.0. The highest BCUT2D eigenvalue weighted by Gasteiger charge is 2.37. The number of ketones is 1. The number of hydrogen-bond donors (Lipinski definition) is 2. The lowest BCUT2D eigenvalue weighted by atomic mass is 9.85. The van der Waals surface area contributed by atoms with Gasteiger partial charge in [0.25, 0.3) is 0 Å². The highest BCUT2D eigenvalue weighted by molar-refractivity contribution is 7.98. The number of nitrogens with zero attached hydrogens (tertiary/aromatic N) is 3. The van der Waals surface area contributed by atoms with Gasteiger partial charge in [0.1, 0.15) is 6.04 Å². The molecule has 7 nitrogen and oxygen atoms in total. The summed E-state index contributed by atoms with van der Waals surface area (Å²) in [5, 5.41) is 19.6. The van der Waals surface area contributed by atoms with Gasteiger partial charge < -0.3 is 15.2 Å². The van der Waals surface area contributed by atoms with Crippen molar-refractivity contribution in [1.29, 1.82) is 0 Å². The molecule has 1 unspecified atom stereocenters. The van der Waals surface area contributed by atoms with Gasteiger partial charge in [-0.05, 0) is 49.1 Å². The minimum Gasteiger partial charge on any atom is -0.504 e. The van der Waals surface area contributed by atoms with Crippen molar-refractivity contribution < 1.29 is 14.6 Å². The first-order chi connectivity index (χ1) is 16.0. The number of hydrogen-bond acceptors (Lipinski definition) is 7. The second-order valence-electron chi connectivity index (χ2n) is 7.90. The normalized spacial score (nSPS) is 17.4. The number of allylic oxidation sites excluding steroid dienone is 2. The number of benzene rings is 2. The number of carbonyl (C=O) groups excluding carboxylic acids is 1. The van der Waals surface area contributed by atoms with Crippen molar-refractivity contribution in [3.05, 3.63) is 69.9 Å². The van der Waals surface area contributed by atoms with Crippen LogP contribution in [0.3, 0.4) is 0 Å². The Morgan fingerprint density at radius 2 is 2.12 bits per heavy atom. The Kier molecular flexibility index (Phi) is 6.03. The van der Waals surface area contributed by atoms with E-state index in [0.717, 1.165) is 29.7 Å². The van der Waals surface area contributed by atoms with Gasteiger partial charge in [0.05, 0.1) is 6.61 Å². The van der Waals surface area contributed by atoms with Crippen LogP contribution in [0.5, 0.6) is 11.5 Å². The van der Waals surface area contributed by atoms with Crippen molar-refractivity contribution >= 4 is 35.1 Å². The van der Waals surface area contributed by atoms with Crippen LogP contribution in [0.4, 0.5) is 5.95 Å². The Labute approximate surface area is 200 Å². The average Bonchev–Trinajstić information content (AvgIpc) is 3.21. The number of fused-ring (bicyclic) bond motifs is 1. The van der Waals surface area contributed by atoms with Crippen molar-refractivity contribution in [2.45, 2.75) is 43.1 Å². The van der Waals surface area contributed by atoms with E-state index in [2.05, 4.69) is 5.32 Å². The number of anilines is 1. The topological polar surface area (TPSA) is 89.3 Å². The van der Waals surface area contributed by atoms with E-state index in [0.29, 0.717) is 46.2 Å². The van der Waals surface area contributed by atoms with Crippen LogP contribution in [0.25, 0.3) is 0 Å². The van der Waals surface area contributed by atoms with E-state index in [1.54, 1.807) is 16.8 Å². The fourth-order valence-corrected chi connectivity index (χ4v) is 5.35. The van der Waals surface area contributed by atoms with Gasteiger partial charge in [-0.3, -0.25) is 4.79 Å². The molecule has 2 heterocycles. The van der Waals surface area contributed by atoms with E-state index in [4.69, 9.17) is 26.4 Å². The average molecular weight is 483 g/mol. The van der Waals surface area contributed by atoms with E-state index in [1.165, 1.54) is 11.8 Å². The lowest BCUT2D eigenvalue weighted by Crippen LogP contribution is -2.31. The number of rotatable bonds is 6. The molecule has 0 fully saturated rings. The van der Waals surface area contributed by atoms with Crippen LogP contribution in [0.1, 0.15) is 43.4 Å². The maximum Gasteiger partial charge on any atom is 0.227 e. The van der Waals surface area contributed by atoms with Gasteiger partial charge in [0, 0.05) is 28.5 Å².